The zero-order valence-electron chi connectivity index (χ0n) is 25.2. The van der Waals surface area contributed by atoms with Crippen LogP contribution in [0.1, 0.15) is 53.4 Å². The third-order valence-electron chi connectivity index (χ3n) is 7.93. The van der Waals surface area contributed by atoms with Crippen LogP contribution in [0.3, 0.4) is 0 Å². The van der Waals surface area contributed by atoms with Crippen LogP contribution in [0.25, 0.3) is 11.0 Å². The van der Waals surface area contributed by atoms with Gasteiger partial charge in [0.25, 0.3) is 5.91 Å². The Morgan fingerprint density at radius 2 is 1.69 bits per heavy atom. The molecular formula is C34H36F5N3O3. The second-order valence-corrected chi connectivity index (χ2v) is 11.8. The standard InChI is InChI=1S/C34H36F5N3O3/c1-22(9-12-41(2)20-24-16-27(35)19-28(36)17-24)40-33(43)32-18-25-15-23(3-8-31(25)45-32)21-42-13-10-30(11-14-42)44-29-6-4-26(5-7-29)34(37,38)39/h3-8,15-19,22,30H,9-14,20-21H2,1-2H3,(H,40,43). The molecule has 240 valence electrons. The van der Waals surface area contributed by atoms with Crippen molar-refractivity contribution in [3.8, 4) is 5.75 Å². The van der Waals surface area contributed by atoms with E-state index in [0.29, 0.717) is 43.0 Å². The predicted octanol–water partition coefficient (Wildman–Crippen LogP) is 7.41. The molecule has 1 amide bonds. The van der Waals surface area contributed by atoms with E-state index in [9.17, 15) is 26.7 Å². The number of piperidine rings is 1. The predicted molar refractivity (Wildman–Crippen MR) is 161 cm³/mol. The minimum atomic E-state index is -4.37. The lowest BCUT2D eigenvalue weighted by atomic mass is 10.1. The first kappa shape index (κ1) is 32.4. The maximum atomic E-state index is 13.5. The Morgan fingerprint density at radius 1 is 1.00 bits per heavy atom. The smallest absolute Gasteiger partial charge is 0.416 e. The van der Waals surface area contributed by atoms with E-state index in [1.807, 2.05) is 37.1 Å². The number of furan rings is 1. The van der Waals surface area contributed by atoms with Gasteiger partial charge < -0.3 is 19.4 Å². The van der Waals surface area contributed by atoms with Gasteiger partial charge in [-0.05, 0) is 99.0 Å². The number of fused-ring (bicyclic) bond motifs is 1. The Bertz CT molecular complexity index is 1580. The van der Waals surface area contributed by atoms with Crippen molar-refractivity contribution in [3.63, 3.8) is 0 Å². The van der Waals surface area contributed by atoms with Crippen LogP contribution in [0.4, 0.5) is 22.0 Å². The Kier molecular flexibility index (Phi) is 10.1. The van der Waals surface area contributed by atoms with E-state index in [0.717, 1.165) is 55.1 Å². The number of hydrogen-bond acceptors (Lipinski definition) is 5. The van der Waals surface area contributed by atoms with E-state index in [2.05, 4.69) is 10.2 Å². The van der Waals surface area contributed by atoms with Gasteiger partial charge in [-0.3, -0.25) is 9.69 Å². The molecule has 5 rings (SSSR count). The second kappa shape index (κ2) is 14.0. The first-order valence-corrected chi connectivity index (χ1v) is 14.9. The van der Waals surface area contributed by atoms with Gasteiger partial charge in [-0.25, -0.2) is 8.78 Å². The van der Waals surface area contributed by atoms with E-state index >= 15 is 0 Å². The number of nitrogens with one attached hydrogen (secondary N) is 1. The summed E-state index contributed by atoms with van der Waals surface area (Å²) in [6, 6.07) is 15.7. The van der Waals surface area contributed by atoms with Gasteiger partial charge in [0.15, 0.2) is 5.76 Å². The second-order valence-electron chi connectivity index (χ2n) is 11.8. The lowest BCUT2D eigenvalue weighted by Gasteiger charge is -2.32. The molecule has 1 fully saturated rings. The molecule has 11 heteroatoms. The van der Waals surface area contributed by atoms with E-state index in [1.54, 1.807) is 6.07 Å². The number of hydrogen-bond donors (Lipinski definition) is 1. The van der Waals surface area contributed by atoms with Gasteiger partial charge >= 0.3 is 6.18 Å². The summed E-state index contributed by atoms with van der Waals surface area (Å²) in [7, 11) is 1.85. The lowest BCUT2D eigenvalue weighted by Crippen LogP contribution is -2.37. The van der Waals surface area contributed by atoms with Crippen LogP contribution in [0.15, 0.2) is 71.1 Å². The molecular weight excluding hydrogens is 593 g/mol. The molecule has 3 aromatic carbocycles. The molecule has 0 aliphatic carbocycles. The summed E-state index contributed by atoms with van der Waals surface area (Å²) < 4.78 is 77.1. The van der Waals surface area contributed by atoms with Gasteiger partial charge in [0, 0.05) is 50.2 Å². The molecule has 2 heterocycles. The summed E-state index contributed by atoms with van der Waals surface area (Å²) >= 11 is 0. The maximum absolute atomic E-state index is 13.5. The largest absolute Gasteiger partial charge is 0.490 e. The quantitative estimate of drug-likeness (QED) is 0.175. The van der Waals surface area contributed by atoms with Gasteiger partial charge in [0.1, 0.15) is 29.1 Å². The van der Waals surface area contributed by atoms with Crippen molar-refractivity contribution in [2.45, 2.75) is 57.6 Å². The fourth-order valence-corrected chi connectivity index (χ4v) is 5.54. The Labute approximate surface area is 258 Å². The Morgan fingerprint density at radius 3 is 2.36 bits per heavy atom. The molecule has 1 N–H and O–H groups in total. The zero-order valence-corrected chi connectivity index (χ0v) is 25.2. The molecule has 1 saturated heterocycles. The molecule has 45 heavy (non-hydrogen) atoms. The normalized spacial score (nSPS) is 15.5. The summed E-state index contributed by atoms with van der Waals surface area (Å²) in [6.07, 6.45) is -2.27. The number of carbonyl (C=O) groups excluding carboxylic acids is 1. The number of rotatable bonds is 11. The number of ether oxygens (including phenoxy) is 1. The molecule has 1 aliphatic rings. The SMILES string of the molecule is CC(CCN(C)Cc1cc(F)cc(F)c1)NC(=O)c1cc2cc(CN3CCC(Oc4ccc(C(F)(F)F)cc4)CC3)ccc2o1. The molecule has 1 atom stereocenters. The summed E-state index contributed by atoms with van der Waals surface area (Å²) in [5.41, 5.74) is 1.54. The van der Waals surface area contributed by atoms with Crippen molar-refractivity contribution in [1.29, 1.82) is 0 Å². The van der Waals surface area contributed by atoms with Crippen LogP contribution in [0.5, 0.6) is 5.75 Å². The van der Waals surface area contributed by atoms with Crippen LogP contribution in [0.2, 0.25) is 0 Å². The highest BCUT2D eigenvalue weighted by atomic mass is 19.4. The van der Waals surface area contributed by atoms with Crippen molar-refractivity contribution in [3.05, 3.63) is 101 Å². The molecule has 0 saturated carbocycles. The van der Waals surface area contributed by atoms with Crippen molar-refractivity contribution in [2.75, 3.05) is 26.7 Å². The van der Waals surface area contributed by atoms with Crippen LogP contribution >= 0.6 is 0 Å². The number of alkyl halides is 3. The molecule has 6 nitrogen and oxygen atoms in total. The van der Waals surface area contributed by atoms with Crippen molar-refractivity contribution >= 4 is 16.9 Å². The monoisotopic (exact) mass is 629 g/mol. The number of amides is 1. The fourth-order valence-electron chi connectivity index (χ4n) is 5.54. The first-order valence-electron chi connectivity index (χ1n) is 14.9. The highest BCUT2D eigenvalue weighted by Gasteiger charge is 2.30. The molecule has 4 aromatic rings. The number of benzene rings is 3. The molecule has 1 aromatic heterocycles. The third-order valence-corrected chi connectivity index (χ3v) is 7.93. The molecule has 0 radical (unpaired) electrons. The first-order chi connectivity index (χ1) is 21.4. The van der Waals surface area contributed by atoms with Crippen LogP contribution in [-0.4, -0.2) is 54.5 Å². The van der Waals surface area contributed by atoms with Crippen LogP contribution in [0, 0.1) is 11.6 Å². The van der Waals surface area contributed by atoms with Crippen molar-refractivity contribution < 1.29 is 35.9 Å². The topological polar surface area (TPSA) is 58.0 Å². The molecule has 1 unspecified atom stereocenters. The number of nitrogens with zero attached hydrogens (tertiary/aromatic N) is 2. The van der Waals surface area contributed by atoms with Crippen LogP contribution in [-0.2, 0) is 19.3 Å². The average molecular weight is 630 g/mol. The molecule has 0 spiro atoms. The minimum absolute atomic E-state index is 0.0591. The number of carbonyl (C=O) groups is 1. The van der Waals surface area contributed by atoms with Gasteiger partial charge in [0.05, 0.1) is 5.56 Å². The van der Waals surface area contributed by atoms with Gasteiger partial charge in [-0.15, -0.1) is 0 Å². The van der Waals surface area contributed by atoms with Gasteiger partial charge in [0.2, 0.25) is 0 Å². The maximum Gasteiger partial charge on any atom is 0.416 e. The molecule has 1 aliphatic heterocycles. The van der Waals surface area contributed by atoms with Crippen molar-refractivity contribution in [2.24, 2.45) is 0 Å². The Balaban J connectivity index is 1.07. The minimum Gasteiger partial charge on any atom is -0.490 e. The number of halogens is 5. The highest BCUT2D eigenvalue weighted by molar-refractivity contribution is 5.96. The highest BCUT2D eigenvalue weighted by Crippen LogP contribution is 2.31. The number of likely N-dealkylation sites (tertiary alicyclic amines) is 1. The van der Waals surface area contributed by atoms with E-state index in [-0.39, 0.29) is 23.8 Å². The summed E-state index contributed by atoms with van der Waals surface area (Å²) in [6.45, 7) is 5.18. The van der Waals surface area contributed by atoms with E-state index in [1.165, 1.54) is 24.3 Å². The fraction of sp³-hybridized carbons (Fsp3) is 0.382. The molecule has 0 bridgehead atoms. The third kappa shape index (κ3) is 9.04. The van der Waals surface area contributed by atoms with E-state index < -0.39 is 23.4 Å². The summed E-state index contributed by atoms with van der Waals surface area (Å²) in [4.78, 5) is 17.1. The van der Waals surface area contributed by atoms with Crippen molar-refractivity contribution in [1.82, 2.24) is 15.1 Å². The van der Waals surface area contributed by atoms with Gasteiger partial charge in [-0.1, -0.05) is 6.07 Å². The lowest BCUT2D eigenvalue weighted by molar-refractivity contribution is -0.137. The average Bonchev–Trinajstić information content (AvgIpc) is 3.40. The van der Waals surface area contributed by atoms with E-state index in [4.69, 9.17) is 9.15 Å². The van der Waals surface area contributed by atoms with Gasteiger partial charge in [-0.2, -0.15) is 13.2 Å². The zero-order chi connectivity index (χ0) is 32.1. The summed E-state index contributed by atoms with van der Waals surface area (Å²) in [5.74, 6) is -0.871. The summed E-state index contributed by atoms with van der Waals surface area (Å²) in [5, 5.41) is 3.78. The van der Waals surface area contributed by atoms with Crippen LogP contribution < -0.4 is 10.1 Å². The Hall–Kier alpha value is -3.96.